The van der Waals surface area contributed by atoms with Crippen LogP contribution >= 0.6 is 22.9 Å². The van der Waals surface area contributed by atoms with E-state index in [0.717, 1.165) is 16.0 Å². The minimum Gasteiger partial charge on any atom is -0.497 e. The fourth-order valence-electron chi connectivity index (χ4n) is 1.98. The van der Waals surface area contributed by atoms with Crippen molar-refractivity contribution in [1.82, 2.24) is 4.98 Å². The number of benzene rings is 1. The molecule has 1 aromatic heterocycles. The first-order valence-electron chi connectivity index (χ1n) is 5.56. The fourth-order valence-corrected chi connectivity index (χ4v) is 3.27. The first kappa shape index (κ1) is 11.7. The molecular formula is C12H11ClN2O2S. The van der Waals surface area contributed by atoms with Gasteiger partial charge in [0.1, 0.15) is 5.75 Å². The Kier molecular flexibility index (Phi) is 2.87. The second kappa shape index (κ2) is 4.40. The molecule has 0 saturated carbocycles. The van der Waals surface area contributed by atoms with Gasteiger partial charge in [0.15, 0.2) is 5.13 Å². The van der Waals surface area contributed by atoms with E-state index in [1.54, 1.807) is 12.0 Å². The van der Waals surface area contributed by atoms with Crippen LogP contribution in [0.2, 0.25) is 0 Å². The van der Waals surface area contributed by atoms with Gasteiger partial charge in [-0.2, -0.15) is 0 Å². The van der Waals surface area contributed by atoms with Crippen molar-refractivity contribution in [3.63, 3.8) is 0 Å². The van der Waals surface area contributed by atoms with Crippen LogP contribution in [0.15, 0.2) is 18.2 Å². The first-order valence-corrected chi connectivity index (χ1v) is 6.81. The van der Waals surface area contributed by atoms with Gasteiger partial charge >= 0.3 is 0 Å². The molecule has 1 saturated heterocycles. The van der Waals surface area contributed by atoms with Crippen molar-refractivity contribution < 1.29 is 9.53 Å². The molecule has 0 aliphatic carbocycles. The van der Waals surface area contributed by atoms with Crippen molar-refractivity contribution in [1.29, 1.82) is 0 Å². The van der Waals surface area contributed by atoms with Crippen LogP contribution in [-0.2, 0) is 4.79 Å². The van der Waals surface area contributed by atoms with Gasteiger partial charge in [0, 0.05) is 13.0 Å². The van der Waals surface area contributed by atoms with Crippen LogP contribution in [-0.4, -0.2) is 29.9 Å². The lowest BCUT2D eigenvalue weighted by Gasteiger charge is -2.10. The summed E-state index contributed by atoms with van der Waals surface area (Å²) in [6, 6.07) is 5.68. The summed E-state index contributed by atoms with van der Waals surface area (Å²) in [7, 11) is 1.63. The number of hydrogen-bond donors (Lipinski definition) is 0. The summed E-state index contributed by atoms with van der Waals surface area (Å²) in [6.07, 6.45) is 0.390. The number of methoxy groups -OCH3 is 1. The second-order valence-corrected chi connectivity index (χ2v) is 5.76. The summed E-state index contributed by atoms with van der Waals surface area (Å²) in [5, 5.41) is 0.602. The Balaban J connectivity index is 2.00. The number of halogens is 1. The third-order valence-electron chi connectivity index (χ3n) is 2.89. The number of aromatic nitrogens is 1. The van der Waals surface area contributed by atoms with Gasteiger partial charge in [-0.3, -0.25) is 9.69 Å². The first-order chi connectivity index (χ1) is 8.67. The van der Waals surface area contributed by atoms with E-state index in [1.165, 1.54) is 11.3 Å². The van der Waals surface area contributed by atoms with Crippen LogP contribution in [0.25, 0.3) is 10.2 Å². The van der Waals surface area contributed by atoms with E-state index >= 15 is 0 Å². The number of amides is 1. The predicted octanol–water partition coefficient (Wildman–Crippen LogP) is 2.65. The summed E-state index contributed by atoms with van der Waals surface area (Å²) >= 11 is 7.48. The standard InChI is InChI=1S/C12H11ClN2O2S/c1-17-8-2-3-9-10(5-8)18-12(14-9)15-6-7(13)4-11(15)16/h2-3,5,7H,4,6H2,1H3. The largest absolute Gasteiger partial charge is 0.497 e. The summed E-state index contributed by atoms with van der Waals surface area (Å²) in [5.74, 6) is 0.835. The molecule has 18 heavy (non-hydrogen) atoms. The molecule has 1 unspecified atom stereocenters. The van der Waals surface area contributed by atoms with Crippen LogP contribution < -0.4 is 9.64 Å². The molecule has 0 radical (unpaired) electrons. The fraction of sp³-hybridized carbons (Fsp3) is 0.333. The van der Waals surface area contributed by atoms with Crippen molar-refractivity contribution in [2.75, 3.05) is 18.6 Å². The van der Waals surface area contributed by atoms with Crippen molar-refractivity contribution in [2.45, 2.75) is 11.8 Å². The normalized spacial score (nSPS) is 19.8. The number of thiazole rings is 1. The van der Waals surface area contributed by atoms with Crippen molar-refractivity contribution in [2.24, 2.45) is 0 Å². The Hall–Kier alpha value is -1.33. The maximum Gasteiger partial charge on any atom is 0.230 e. The van der Waals surface area contributed by atoms with Crippen LogP contribution in [0.4, 0.5) is 5.13 Å². The predicted molar refractivity (Wildman–Crippen MR) is 72.8 cm³/mol. The molecule has 2 heterocycles. The second-order valence-electron chi connectivity index (χ2n) is 4.14. The van der Waals surface area contributed by atoms with Crippen molar-refractivity contribution in [3.05, 3.63) is 18.2 Å². The quantitative estimate of drug-likeness (QED) is 0.795. The van der Waals surface area contributed by atoms with E-state index in [2.05, 4.69) is 4.98 Å². The summed E-state index contributed by atoms with van der Waals surface area (Å²) in [6.45, 7) is 0.539. The van der Waals surface area contributed by atoms with Crippen LogP contribution in [0.5, 0.6) is 5.75 Å². The van der Waals surface area contributed by atoms with E-state index in [4.69, 9.17) is 16.3 Å². The number of anilines is 1. The molecule has 0 spiro atoms. The number of alkyl halides is 1. The zero-order valence-electron chi connectivity index (χ0n) is 9.72. The van der Waals surface area contributed by atoms with E-state index in [9.17, 15) is 4.79 Å². The zero-order chi connectivity index (χ0) is 12.7. The monoisotopic (exact) mass is 282 g/mol. The molecule has 1 aliphatic rings. The van der Waals surface area contributed by atoms with Crippen molar-refractivity contribution in [3.8, 4) is 5.75 Å². The maximum atomic E-state index is 11.8. The van der Waals surface area contributed by atoms with Gasteiger partial charge < -0.3 is 4.74 Å². The average molecular weight is 283 g/mol. The van der Waals surface area contributed by atoms with E-state index in [-0.39, 0.29) is 11.3 Å². The molecule has 1 atom stereocenters. The van der Waals surface area contributed by atoms with Gasteiger partial charge in [0.05, 0.1) is 22.7 Å². The highest BCUT2D eigenvalue weighted by atomic mass is 35.5. The lowest BCUT2D eigenvalue weighted by Crippen LogP contribution is -2.24. The highest BCUT2D eigenvalue weighted by Crippen LogP contribution is 2.33. The molecule has 2 aromatic rings. The highest BCUT2D eigenvalue weighted by Gasteiger charge is 2.31. The van der Waals surface area contributed by atoms with Crippen LogP contribution in [0, 0.1) is 0 Å². The SMILES string of the molecule is COc1ccc2nc(N3CC(Cl)CC3=O)sc2c1. The number of rotatable bonds is 2. The molecule has 1 aliphatic heterocycles. The molecule has 6 heteroatoms. The summed E-state index contributed by atoms with van der Waals surface area (Å²) < 4.78 is 6.18. The Labute approximate surface area is 113 Å². The van der Waals surface area contributed by atoms with Gasteiger partial charge in [-0.15, -0.1) is 11.6 Å². The lowest BCUT2D eigenvalue weighted by molar-refractivity contribution is -0.117. The minimum atomic E-state index is -0.112. The third kappa shape index (κ3) is 1.93. The van der Waals surface area contributed by atoms with Gasteiger partial charge in [0.25, 0.3) is 0 Å². The molecular weight excluding hydrogens is 272 g/mol. The lowest BCUT2D eigenvalue weighted by atomic mass is 10.3. The molecule has 3 rings (SSSR count). The number of ether oxygens (including phenoxy) is 1. The molecule has 1 fully saturated rings. The molecule has 0 bridgehead atoms. The van der Waals surface area contributed by atoms with E-state index < -0.39 is 0 Å². The van der Waals surface area contributed by atoms with Crippen molar-refractivity contribution >= 4 is 44.2 Å². The number of hydrogen-bond acceptors (Lipinski definition) is 4. The van der Waals surface area contributed by atoms with E-state index in [0.29, 0.717) is 18.1 Å². The topological polar surface area (TPSA) is 42.4 Å². The number of carbonyl (C=O) groups excluding carboxylic acids is 1. The number of fused-ring (bicyclic) bond motifs is 1. The summed E-state index contributed by atoms with van der Waals surface area (Å²) in [5.41, 5.74) is 0.877. The van der Waals surface area contributed by atoms with Crippen LogP contribution in [0.1, 0.15) is 6.42 Å². The third-order valence-corrected chi connectivity index (χ3v) is 4.23. The van der Waals surface area contributed by atoms with Crippen LogP contribution in [0.3, 0.4) is 0 Å². The minimum absolute atomic E-state index is 0.0426. The highest BCUT2D eigenvalue weighted by molar-refractivity contribution is 7.22. The summed E-state index contributed by atoms with van der Waals surface area (Å²) in [4.78, 5) is 17.9. The Bertz CT molecular complexity index is 613. The molecule has 0 N–H and O–H groups in total. The molecule has 1 aromatic carbocycles. The van der Waals surface area contributed by atoms with Gasteiger partial charge in [-0.05, 0) is 18.2 Å². The van der Waals surface area contributed by atoms with E-state index in [1.807, 2.05) is 18.2 Å². The average Bonchev–Trinajstić information content (AvgIpc) is 2.90. The molecule has 1 amide bonds. The number of carbonyl (C=O) groups is 1. The maximum absolute atomic E-state index is 11.8. The smallest absolute Gasteiger partial charge is 0.230 e. The van der Waals surface area contributed by atoms with Gasteiger partial charge in [-0.25, -0.2) is 4.98 Å². The number of nitrogens with zero attached hydrogens (tertiary/aromatic N) is 2. The van der Waals surface area contributed by atoms with Gasteiger partial charge in [-0.1, -0.05) is 11.3 Å². The Morgan fingerprint density at radius 3 is 3.06 bits per heavy atom. The zero-order valence-corrected chi connectivity index (χ0v) is 11.3. The molecule has 94 valence electrons. The Morgan fingerprint density at radius 2 is 2.39 bits per heavy atom. The molecule has 4 nitrogen and oxygen atoms in total. The van der Waals surface area contributed by atoms with Gasteiger partial charge in [0.2, 0.25) is 5.91 Å². The Morgan fingerprint density at radius 1 is 1.56 bits per heavy atom.